The molecule has 0 aliphatic heterocycles. The Balaban J connectivity index is 0.000000280. The van der Waals surface area contributed by atoms with Crippen LogP contribution in [0.25, 0.3) is 10.2 Å². The predicted octanol–water partition coefficient (Wildman–Crippen LogP) is 6.83. The number of pyridine rings is 2. The minimum absolute atomic E-state index is 0.333. The zero-order valence-corrected chi connectivity index (χ0v) is 18.8. The molecule has 8 heteroatoms. The maximum absolute atomic E-state index is 13.5. The molecule has 1 atom stereocenters. The van der Waals surface area contributed by atoms with Gasteiger partial charge in [-0.05, 0) is 25.3 Å². The van der Waals surface area contributed by atoms with Crippen molar-refractivity contribution in [1.82, 2.24) is 9.97 Å². The van der Waals surface area contributed by atoms with E-state index in [1.54, 1.807) is 23.7 Å². The van der Waals surface area contributed by atoms with Crippen LogP contribution in [-0.4, -0.2) is 16.0 Å². The van der Waals surface area contributed by atoms with E-state index in [9.17, 15) is 4.39 Å². The van der Waals surface area contributed by atoms with Crippen molar-refractivity contribution in [3.8, 4) is 0 Å². The first-order valence-electron chi connectivity index (χ1n) is 9.50. The zero-order chi connectivity index (χ0) is 21.2. The van der Waals surface area contributed by atoms with Crippen LogP contribution in [0, 0.1) is 5.82 Å². The normalized spacial score (nSPS) is 15.2. The van der Waals surface area contributed by atoms with Crippen LogP contribution in [-0.2, 0) is 6.54 Å². The van der Waals surface area contributed by atoms with Crippen LogP contribution in [0.2, 0.25) is 10.2 Å². The number of rotatable bonds is 3. The highest BCUT2D eigenvalue weighted by atomic mass is 35.5. The number of anilines is 1. The maximum atomic E-state index is 13.5. The van der Waals surface area contributed by atoms with Gasteiger partial charge in [0.2, 0.25) is 0 Å². The standard InChI is InChI=1S/C13H8Cl2FN3S.C6H11N.C2H6/c14-8-6-20-13-10(3-11(15)19-12(8)13)18-4-7-1-2-17-5-9(7)16;7-6-4-2-1-3-5-6;1-2/h1-3,5-6H,4H2,(H,18,19);1-2,6H,3-5,7H2;1-2H3. The largest absolute Gasteiger partial charge is 0.380 e. The van der Waals surface area contributed by atoms with Gasteiger partial charge in [0, 0.05) is 35.8 Å². The number of aromatic nitrogens is 2. The number of fused-ring (bicyclic) bond motifs is 1. The summed E-state index contributed by atoms with van der Waals surface area (Å²) in [5.74, 6) is -0.347. The third kappa shape index (κ3) is 6.93. The van der Waals surface area contributed by atoms with Crippen LogP contribution in [0.1, 0.15) is 38.7 Å². The van der Waals surface area contributed by atoms with Crippen LogP contribution >= 0.6 is 34.5 Å². The molecular formula is C21H25Cl2FN4S. The Bertz CT molecular complexity index is 946. The summed E-state index contributed by atoms with van der Waals surface area (Å²) >= 11 is 13.5. The van der Waals surface area contributed by atoms with Gasteiger partial charge in [-0.1, -0.05) is 49.2 Å². The molecule has 3 aromatic heterocycles. The molecule has 29 heavy (non-hydrogen) atoms. The fourth-order valence-corrected chi connectivity index (χ4v) is 4.01. The first-order chi connectivity index (χ1) is 14.0. The molecule has 4 nitrogen and oxygen atoms in total. The number of allylic oxidation sites excluding steroid dienone is 1. The van der Waals surface area contributed by atoms with E-state index in [0.717, 1.165) is 16.8 Å². The number of nitrogens with one attached hydrogen (secondary N) is 1. The molecule has 1 unspecified atom stereocenters. The average Bonchev–Trinajstić information content (AvgIpc) is 3.10. The smallest absolute Gasteiger partial charge is 0.146 e. The van der Waals surface area contributed by atoms with Crippen molar-refractivity contribution in [3.63, 3.8) is 0 Å². The van der Waals surface area contributed by atoms with Crippen LogP contribution in [0.4, 0.5) is 10.1 Å². The molecule has 0 amide bonds. The molecule has 4 rings (SSSR count). The molecule has 3 heterocycles. The summed E-state index contributed by atoms with van der Waals surface area (Å²) in [5, 5.41) is 5.86. The molecular weight excluding hydrogens is 430 g/mol. The summed E-state index contributed by atoms with van der Waals surface area (Å²) < 4.78 is 14.4. The molecule has 1 aliphatic carbocycles. The molecule has 0 spiro atoms. The fourth-order valence-electron chi connectivity index (χ4n) is 2.64. The van der Waals surface area contributed by atoms with Crippen LogP contribution < -0.4 is 11.1 Å². The van der Waals surface area contributed by atoms with Gasteiger partial charge < -0.3 is 11.1 Å². The third-order valence-electron chi connectivity index (χ3n) is 4.08. The van der Waals surface area contributed by atoms with E-state index in [1.165, 1.54) is 30.4 Å². The molecule has 0 saturated carbocycles. The summed E-state index contributed by atoms with van der Waals surface area (Å²) in [4.78, 5) is 7.91. The van der Waals surface area contributed by atoms with Crippen molar-refractivity contribution in [1.29, 1.82) is 0 Å². The minimum atomic E-state index is -0.347. The lowest BCUT2D eigenvalue weighted by Crippen LogP contribution is -2.19. The van der Waals surface area contributed by atoms with Crippen molar-refractivity contribution < 1.29 is 4.39 Å². The molecule has 0 aromatic carbocycles. The highest BCUT2D eigenvalue weighted by molar-refractivity contribution is 7.18. The van der Waals surface area contributed by atoms with Gasteiger partial charge >= 0.3 is 0 Å². The van der Waals surface area contributed by atoms with Crippen LogP contribution in [0.5, 0.6) is 0 Å². The molecule has 156 valence electrons. The Labute approximate surface area is 185 Å². The van der Waals surface area contributed by atoms with Crippen LogP contribution in [0.15, 0.2) is 42.1 Å². The lowest BCUT2D eigenvalue weighted by Gasteiger charge is -2.09. The third-order valence-corrected chi connectivity index (χ3v) is 5.70. The summed E-state index contributed by atoms with van der Waals surface area (Å²) in [6.07, 6.45) is 10.5. The lowest BCUT2D eigenvalue weighted by atomic mass is 10.0. The van der Waals surface area contributed by atoms with Gasteiger partial charge in [0.1, 0.15) is 16.5 Å². The van der Waals surface area contributed by atoms with Gasteiger partial charge in [-0.3, -0.25) is 4.98 Å². The Kier molecular flexibility index (Phi) is 9.81. The SMILES string of the molecule is CC.Fc1cnccc1CNc1cc(Cl)nc2c(Cl)csc12.NC1CC=CCC1. The van der Waals surface area contributed by atoms with Gasteiger partial charge in [-0.15, -0.1) is 11.3 Å². The first-order valence-corrected chi connectivity index (χ1v) is 11.1. The highest BCUT2D eigenvalue weighted by Gasteiger charge is 2.11. The van der Waals surface area contributed by atoms with E-state index in [-0.39, 0.29) is 5.82 Å². The number of thiophene rings is 1. The van der Waals surface area contributed by atoms with E-state index in [1.807, 2.05) is 13.8 Å². The topological polar surface area (TPSA) is 63.8 Å². The van der Waals surface area contributed by atoms with E-state index < -0.39 is 0 Å². The van der Waals surface area contributed by atoms with Crippen molar-refractivity contribution in [3.05, 3.63) is 63.6 Å². The van der Waals surface area contributed by atoms with Gasteiger partial charge in [0.05, 0.1) is 21.6 Å². The molecule has 1 aliphatic rings. The highest BCUT2D eigenvalue weighted by Crippen LogP contribution is 2.35. The van der Waals surface area contributed by atoms with Crippen molar-refractivity contribution in [2.45, 2.75) is 45.7 Å². The summed E-state index contributed by atoms with van der Waals surface area (Å²) in [7, 11) is 0. The van der Waals surface area contributed by atoms with Crippen molar-refractivity contribution >= 4 is 50.4 Å². The Morgan fingerprint density at radius 2 is 2.10 bits per heavy atom. The van der Waals surface area contributed by atoms with Gasteiger partial charge in [-0.2, -0.15) is 0 Å². The number of nitrogens with zero attached hydrogens (tertiary/aromatic N) is 2. The van der Waals surface area contributed by atoms with Crippen LogP contribution in [0.3, 0.4) is 0 Å². The Hall–Kier alpha value is -1.73. The second-order valence-corrected chi connectivity index (χ2v) is 7.79. The quantitative estimate of drug-likeness (QED) is 0.336. The number of hydrogen-bond donors (Lipinski definition) is 2. The molecule has 0 radical (unpaired) electrons. The average molecular weight is 455 g/mol. The second-order valence-electron chi connectivity index (χ2n) is 6.12. The minimum Gasteiger partial charge on any atom is -0.380 e. The van der Waals surface area contributed by atoms with Gasteiger partial charge in [0.25, 0.3) is 0 Å². The maximum Gasteiger partial charge on any atom is 0.146 e. The zero-order valence-electron chi connectivity index (χ0n) is 16.5. The molecule has 3 N–H and O–H groups in total. The summed E-state index contributed by atoms with van der Waals surface area (Å²) in [6, 6.07) is 3.78. The fraction of sp³-hybridized carbons (Fsp3) is 0.333. The molecule has 3 aromatic rings. The number of nitrogens with two attached hydrogens (primary N) is 1. The number of halogens is 3. The van der Waals surface area contributed by atoms with Gasteiger partial charge in [0.15, 0.2) is 0 Å². The first kappa shape index (κ1) is 23.5. The van der Waals surface area contributed by atoms with Crippen molar-refractivity contribution in [2.75, 3.05) is 5.32 Å². The monoisotopic (exact) mass is 454 g/mol. The summed E-state index contributed by atoms with van der Waals surface area (Å²) in [5.41, 5.74) is 7.55. The second kappa shape index (κ2) is 12.1. The van der Waals surface area contributed by atoms with E-state index in [4.69, 9.17) is 28.9 Å². The van der Waals surface area contributed by atoms with E-state index >= 15 is 0 Å². The van der Waals surface area contributed by atoms with Crippen molar-refractivity contribution in [2.24, 2.45) is 5.73 Å². The van der Waals surface area contributed by atoms with E-state index in [0.29, 0.717) is 33.8 Å². The molecule has 0 fully saturated rings. The predicted molar refractivity (Wildman–Crippen MR) is 123 cm³/mol. The van der Waals surface area contributed by atoms with Gasteiger partial charge in [-0.25, -0.2) is 9.37 Å². The lowest BCUT2D eigenvalue weighted by molar-refractivity contribution is 0.606. The molecule has 0 saturated heterocycles. The molecule has 0 bridgehead atoms. The number of hydrogen-bond acceptors (Lipinski definition) is 5. The Morgan fingerprint density at radius 1 is 1.31 bits per heavy atom. The Morgan fingerprint density at radius 3 is 2.72 bits per heavy atom. The summed E-state index contributed by atoms with van der Waals surface area (Å²) in [6.45, 7) is 4.33. The van der Waals surface area contributed by atoms with E-state index in [2.05, 4.69) is 27.4 Å².